The van der Waals surface area contributed by atoms with Gasteiger partial charge in [0.05, 0.1) is 18.6 Å². The number of likely N-dealkylation sites (tertiary alicyclic amines) is 1. The van der Waals surface area contributed by atoms with Crippen molar-refractivity contribution in [3.8, 4) is 16.9 Å². The first kappa shape index (κ1) is 23.8. The summed E-state index contributed by atoms with van der Waals surface area (Å²) in [6.45, 7) is 2.09. The molecule has 0 unspecified atom stereocenters. The molecule has 1 heterocycles. The molecule has 1 aliphatic heterocycles. The zero-order chi connectivity index (χ0) is 23.3. The smallest absolute Gasteiger partial charge is 0.226 e. The van der Waals surface area contributed by atoms with Crippen molar-refractivity contribution in [2.45, 2.75) is 57.1 Å². The topological polar surface area (TPSA) is 50.8 Å². The Bertz CT molecular complexity index is 928. The SMILES string of the molecule is COc1ccccc1-c1cccc(CC2(C(=O)NC3CCN(C)CC3)CCC(OC)CC2)c1. The summed E-state index contributed by atoms with van der Waals surface area (Å²) in [6.07, 6.45) is 6.67. The fourth-order valence-electron chi connectivity index (χ4n) is 5.48. The van der Waals surface area contributed by atoms with Gasteiger partial charge in [-0.15, -0.1) is 0 Å². The third kappa shape index (κ3) is 5.59. The van der Waals surface area contributed by atoms with Crippen molar-refractivity contribution in [1.29, 1.82) is 0 Å². The zero-order valence-corrected chi connectivity index (χ0v) is 20.3. The fraction of sp³-hybridized carbons (Fsp3) is 0.536. The first-order valence-corrected chi connectivity index (χ1v) is 12.3. The monoisotopic (exact) mass is 450 g/mol. The number of nitrogens with zero attached hydrogens (tertiary/aromatic N) is 1. The lowest BCUT2D eigenvalue weighted by Gasteiger charge is -2.40. The number of para-hydroxylation sites is 1. The van der Waals surface area contributed by atoms with Gasteiger partial charge in [-0.25, -0.2) is 0 Å². The summed E-state index contributed by atoms with van der Waals surface area (Å²) in [7, 11) is 5.65. The lowest BCUT2D eigenvalue weighted by Crippen LogP contribution is -2.51. The molecule has 5 nitrogen and oxygen atoms in total. The second kappa shape index (κ2) is 10.7. The summed E-state index contributed by atoms with van der Waals surface area (Å²) in [5.74, 6) is 1.10. The van der Waals surface area contributed by atoms with Gasteiger partial charge in [0.2, 0.25) is 5.91 Å². The Morgan fingerprint density at radius 2 is 1.76 bits per heavy atom. The van der Waals surface area contributed by atoms with Gasteiger partial charge in [0.25, 0.3) is 0 Å². The number of carbonyl (C=O) groups is 1. The number of ether oxygens (including phenoxy) is 2. The van der Waals surface area contributed by atoms with Crippen LogP contribution in [0.3, 0.4) is 0 Å². The van der Waals surface area contributed by atoms with Crippen molar-refractivity contribution in [3.63, 3.8) is 0 Å². The lowest BCUT2D eigenvalue weighted by atomic mass is 9.68. The van der Waals surface area contributed by atoms with Crippen molar-refractivity contribution in [1.82, 2.24) is 10.2 Å². The maximum Gasteiger partial charge on any atom is 0.226 e. The van der Waals surface area contributed by atoms with Crippen LogP contribution in [0.4, 0.5) is 0 Å². The van der Waals surface area contributed by atoms with E-state index < -0.39 is 0 Å². The van der Waals surface area contributed by atoms with Crippen LogP contribution in [0.2, 0.25) is 0 Å². The Balaban J connectivity index is 1.56. The van der Waals surface area contributed by atoms with Gasteiger partial charge in [-0.05, 0) is 82.3 Å². The van der Waals surface area contributed by atoms with E-state index in [-0.39, 0.29) is 23.5 Å². The number of benzene rings is 2. The van der Waals surface area contributed by atoms with Gasteiger partial charge in [0.15, 0.2) is 0 Å². The van der Waals surface area contributed by atoms with Crippen LogP contribution in [0, 0.1) is 5.41 Å². The Kier molecular flexibility index (Phi) is 7.71. The van der Waals surface area contributed by atoms with Crippen LogP contribution < -0.4 is 10.1 Å². The molecule has 2 aromatic carbocycles. The van der Waals surface area contributed by atoms with Gasteiger partial charge < -0.3 is 19.7 Å². The molecular weight excluding hydrogens is 412 g/mol. The van der Waals surface area contributed by atoms with E-state index in [1.54, 1.807) is 14.2 Å². The van der Waals surface area contributed by atoms with Crippen LogP contribution in [-0.2, 0) is 16.0 Å². The molecule has 2 aliphatic rings. The number of amides is 1. The molecule has 1 saturated carbocycles. The van der Waals surface area contributed by atoms with Gasteiger partial charge >= 0.3 is 0 Å². The molecule has 0 bridgehead atoms. The van der Waals surface area contributed by atoms with Gasteiger partial charge in [0, 0.05) is 18.7 Å². The molecular formula is C28H38N2O3. The average Bonchev–Trinajstić information content (AvgIpc) is 2.86. The third-order valence-corrected chi connectivity index (χ3v) is 7.65. The van der Waals surface area contributed by atoms with E-state index in [0.29, 0.717) is 0 Å². The van der Waals surface area contributed by atoms with Crippen LogP contribution in [-0.4, -0.2) is 57.3 Å². The van der Waals surface area contributed by atoms with E-state index >= 15 is 0 Å². The van der Waals surface area contributed by atoms with E-state index in [4.69, 9.17) is 9.47 Å². The second-order valence-electron chi connectivity index (χ2n) is 9.84. The molecule has 1 N–H and O–H groups in total. The highest BCUT2D eigenvalue weighted by Crippen LogP contribution is 2.41. The molecule has 0 aromatic heterocycles. The first-order chi connectivity index (χ1) is 16.0. The highest BCUT2D eigenvalue weighted by molar-refractivity contribution is 5.83. The van der Waals surface area contributed by atoms with Crippen LogP contribution in [0.5, 0.6) is 5.75 Å². The van der Waals surface area contributed by atoms with E-state index in [2.05, 4.69) is 47.6 Å². The standard InChI is InChI=1S/C28H38N2O3/c1-30-17-13-23(14-18-30)29-27(31)28(15-11-24(32-2)12-16-28)20-21-7-6-8-22(19-21)25-9-4-5-10-26(25)33-3/h4-10,19,23-24H,11-18,20H2,1-3H3,(H,29,31). The van der Waals surface area contributed by atoms with Crippen LogP contribution in [0.15, 0.2) is 48.5 Å². The van der Waals surface area contributed by atoms with Crippen molar-refractivity contribution in [3.05, 3.63) is 54.1 Å². The Labute approximate surface area is 198 Å². The molecule has 0 radical (unpaired) electrons. The summed E-state index contributed by atoms with van der Waals surface area (Å²) in [4.78, 5) is 16.1. The van der Waals surface area contributed by atoms with Gasteiger partial charge in [0.1, 0.15) is 5.75 Å². The minimum absolute atomic E-state index is 0.231. The Morgan fingerprint density at radius 1 is 1.03 bits per heavy atom. The summed E-state index contributed by atoms with van der Waals surface area (Å²) < 4.78 is 11.2. The molecule has 1 amide bonds. The number of piperidine rings is 1. The summed E-state index contributed by atoms with van der Waals surface area (Å²) in [5.41, 5.74) is 3.03. The quantitative estimate of drug-likeness (QED) is 0.665. The Hall–Kier alpha value is -2.37. The van der Waals surface area contributed by atoms with Gasteiger partial charge in [-0.3, -0.25) is 4.79 Å². The molecule has 4 rings (SSSR count). The number of hydrogen-bond donors (Lipinski definition) is 1. The fourth-order valence-corrected chi connectivity index (χ4v) is 5.48. The van der Waals surface area contributed by atoms with Crippen molar-refractivity contribution in [2.24, 2.45) is 5.41 Å². The summed E-state index contributed by atoms with van der Waals surface area (Å²) in [5, 5.41) is 3.44. The lowest BCUT2D eigenvalue weighted by molar-refractivity contribution is -0.135. The number of carbonyl (C=O) groups excluding carboxylic acids is 1. The van der Waals surface area contributed by atoms with Crippen molar-refractivity contribution in [2.75, 3.05) is 34.4 Å². The molecule has 2 aromatic rings. The average molecular weight is 451 g/mol. The number of nitrogens with one attached hydrogen (secondary N) is 1. The Morgan fingerprint density at radius 3 is 2.45 bits per heavy atom. The zero-order valence-electron chi connectivity index (χ0n) is 20.3. The predicted molar refractivity (Wildman–Crippen MR) is 132 cm³/mol. The van der Waals surface area contributed by atoms with Gasteiger partial charge in [-0.2, -0.15) is 0 Å². The number of methoxy groups -OCH3 is 2. The van der Waals surface area contributed by atoms with Crippen LogP contribution in [0.25, 0.3) is 11.1 Å². The molecule has 5 heteroatoms. The highest BCUT2D eigenvalue weighted by Gasteiger charge is 2.42. The molecule has 33 heavy (non-hydrogen) atoms. The second-order valence-corrected chi connectivity index (χ2v) is 9.84. The van der Waals surface area contributed by atoms with Crippen LogP contribution >= 0.6 is 0 Å². The van der Waals surface area contributed by atoms with E-state index in [0.717, 1.165) is 74.9 Å². The molecule has 1 saturated heterocycles. The third-order valence-electron chi connectivity index (χ3n) is 7.65. The minimum Gasteiger partial charge on any atom is -0.496 e. The van der Waals surface area contributed by atoms with Gasteiger partial charge in [-0.1, -0.05) is 42.5 Å². The highest BCUT2D eigenvalue weighted by atomic mass is 16.5. The summed E-state index contributed by atoms with van der Waals surface area (Å²) >= 11 is 0. The number of hydrogen-bond acceptors (Lipinski definition) is 4. The van der Waals surface area contributed by atoms with Crippen molar-refractivity contribution < 1.29 is 14.3 Å². The van der Waals surface area contributed by atoms with E-state index in [1.807, 2.05) is 18.2 Å². The summed E-state index contributed by atoms with van der Waals surface area (Å²) in [6, 6.07) is 17.0. The molecule has 178 valence electrons. The maximum absolute atomic E-state index is 13.7. The minimum atomic E-state index is -0.377. The molecule has 1 aliphatic carbocycles. The normalized spacial score (nSPS) is 24.4. The molecule has 0 spiro atoms. The van der Waals surface area contributed by atoms with Crippen LogP contribution in [0.1, 0.15) is 44.1 Å². The van der Waals surface area contributed by atoms with E-state index in [1.165, 1.54) is 5.56 Å². The van der Waals surface area contributed by atoms with E-state index in [9.17, 15) is 4.79 Å². The maximum atomic E-state index is 13.7. The molecule has 0 atom stereocenters. The van der Waals surface area contributed by atoms with Crippen molar-refractivity contribution >= 4 is 5.91 Å². The molecule has 2 fully saturated rings. The predicted octanol–water partition coefficient (Wildman–Crippen LogP) is 4.69. The first-order valence-electron chi connectivity index (χ1n) is 12.3. The number of rotatable bonds is 7. The largest absolute Gasteiger partial charge is 0.496 e.